The summed E-state index contributed by atoms with van der Waals surface area (Å²) in [6, 6.07) is -0.307. The molecule has 0 saturated carbocycles. The molecular formula is C9H15NO5. The minimum atomic E-state index is -1.08. The van der Waals surface area contributed by atoms with Gasteiger partial charge in [-0.15, -0.1) is 0 Å². The topological polar surface area (TPSA) is 77.0 Å². The maximum Gasteiger partial charge on any atom is 0.408 e. The van der Waals surface area contributed by atoms with Crippen LogP contribution in [0.4, 0.5) is 4.79 Å². The predicted octanol–water partition coefficient (Wildman–Crippen LogP) is -0.394. The summed E-state index contributed by atoms with van der Waals surface area (Å²) in [6.07, 6.45) is -2.59. The van der Waals surface area contributed by atoms with E-state index >= 15 is 0 Å². The van der Waals surface area contributed by atoms with Gasteiger partial charge in [0, 0.05) is 7.11 Å². The molecule has 2 heterocycles. The molecule has 0 aromatic rings. The number of aliphatic hydroxyl groups is 1. The smallest absolute Gasteiger partial charge is 0.408 e. The first-order chi connectivity index (χ1) is 6.99. The van der Waals surface area contributed by atoms with Gasteiger partial charge in [-0.3, -0.25) is 0 Å². The highest BCUT2D eigenvalue weighted by molar-refractivity contribution is 5.71. The van der Waals surface area contributed by atoms with Gasteiger partial charge in [-0.05, 0) is 13.8 Å². The van der Waals surface area contributed by atoms with Crippen molar-refractivity contribution < 1.29 is 24.1 Å². The van der Waals surface area contributed by atoms with Gasteiger partial charge in [-0.25, -0.2) is 4.79 Å². The Hall–Kier alpha value is -0.850. The van der Waals surface area contributed by atoms with E-state index in [0.29, 0.717) is 0 Å². The Labute approximate surface area is 87.5 Å². The SMILES string of the molecule is CO[C@H]1C(O)O[C@@H](C)[C@H]2NC(=O)O[C@]21C. The molecule has 6 nitrogen and oxygen atoms in total. The highest BCUT2D eigenvalue weighted by atomic mass is 16.7. The van der Waals surface area contributed by atoms with E-state index in [2.05, 4.69) is 5.32 Å². The first-order valence-corrected chi connectivity index (χ1v) is 4.85. The van der Waals surface area contributed by atoms with Crippen LogP contribution in [-0.4, -0.2) is 48.5 Å². The minimum absolute atomic E-state index is 0.307. The number of nitrogens with one attached hydrogen (secondary N) is 1. The molecule has 6 heteroatoms. The van der Waals surface area contributed by atoms with Crippen molar-refractivity contribution >= 4 is 6.09 Å². The number of hydrogen-bond donors (Lipinski definition) is 2. The average Bonchev–Trinajstić information content (AvgIpc) is 2.42. The van der Waals surface area contributed by atoms with E-state index in [1.807, 2.05) is 0 Å². The van der Waals surface area contributed by atoms with Crippen LogP contribution in [0.3, 0.4) is 0 Å². The Bertz CT molecular complexity index is 284. The molecule has 0 aliphatic carbocycles. The number of carbonyl (C=O) groups excluding carboxylic acids is 1. The molecule has 86 valence electrons. The van der Waals surface area contributed by atoms with Crippen molar-refractivity contribution in [2.75, 3.05) is 7.11 Å². The fourth-order valence-electron chi connectivity index (χ4n) is 2.38. The van der Waals surface area contributed by atoms with E-state index < -0.39 is 24.1 Å². The minimum Gasteiger partial charge on any atom is -0.438 e. The maximum atomic E-state index is 11.2. The van der Waals surface area contributed by atoms with Crippen LogP contribution in [0.5, 0.6) is 0 Å². The summed E-state index contributed by atoms with van der Waals surface area (Å²) in [5.41, 5.74) is -0.886. The summed E-state index contributed by atoms with van der Waals surface area (Å²) in [7, 11) is 1.45. The van der Waals surface area contributed by atoms with Crippen molar-refractivity contribution in [2.45, 2.75) is 44.0 Å². The second-order valence-corrected chi connectivity index (χ2v) is 4.08. The van der Waals surface area contributed by atoms with Crippen molar-refractivity contribution in [1.29, 1.82) is 0 Å². The number of amides is 1. The van der Waals surface area contributed by atoms with Crippen LogP contribution in [0.15, 0.2) is 0 Å². The lowest BCUT2D eigenvalue weighted by Gasteiger charge is -2.44. The number of methoxy groups -OCH3 is 1. The van der Waals surface area contributed by atoms with Crippen LogP contribution < -0.4 is 5.32 Å². The molecule has 0 aromatic heterocycles. The van der Waals surface area contributed by atoms with Gasteiger partial charge in [0.25, 0.3) is 0 Å². The van der Waals surface area contributed by atoms with Gasteiger partial charge in [0.05, 0.1) is 6.10 Å². The molecule has 0 aromatic carbocycles. The summed E-state index contributed by atoms with van der Waals surface area (Å²) in [4.78, 5) is 11.2. The molecule has 15 heavy (non-hydrogen) atoms. The summed E-state index contributed by atoms with van der Waals surface area (Å²) >= 11 is 0. The molecule has 1 unspecified atom stereocenters. The summed E-state index contributed by atoms with van der Waals surface area (Å²) in [6.45, 7) is 3.50. The van der Waals surface area contributed by atoms with Gasteiger partial charge < -0.3 is 24.6 Å². The van der Waals surface area contributed by atoms with E-state index in [-0.39, 0.29) is 12.1 Å². The molecule has 0 bridgehead atoms. The molecule has 5 atom stereocenters. The fourth-order valence-corrected chi connectivity index (χ4v) is 2.38. The second-order valence-electron chi connectivity index (χ2n) is 4.08. The van der Waals surface area contributed by atoms with E-state index in [4.69, 9.17) is 14.2 Å². The van der Waals surface area contributed by atoms with Gasteiger partial charge in [0.2, 0.25) is 0 Å². The van der Waals surface area contributed by atoms with Gasteiger partial charge in [-0.1, -0.05) is 0 Å². The highest BCUT2D eigenvalue weighted by Gasteiger charge is 2.59. The molecule has 1 amide bonds. The normalized spacial score (nSPS) is 49.5. The first kappa shape index (κ1) is 10.7. The Kier molecular flexibility index (Phi) is 2.37. The second kappa shape index (κ2) is 3.33. The molecule has 2 saturated heterocycles. The summed E-state index contributed by atoms with van der Waals surface area (Å²) in [5.74, 6) is 0. The molecule has 0 spiro atoms. The van der Waals surface area contributed by atoms with Gasteiger partial charge in [0.1, 0.15) is 12.1 Å². The average molecular weight is 217 g/mol. The van der Waals surface area contributed by atoms with Crippen molar-refractivity contribution in [3.63, 3.8) is 0 Å². The Morgan fingerprint density at radius 1 is 1.60 bits per heavy atom. The van der Waals surface area contributed by atoms with Crippen molar-refractivity contribution in [1.82, 2.24) is 5.32 Å². The van der Waals surface area contributed by atoms with Crippen LogP contribution in [0.2, 0.25) is 0 Å². The van der Waals surface area contributed by atoms with E-state index in [1.165, 1.54) is 7.11 Å². The van der Waals surface area contributed by atoms with Crippen LogP contribution >= 0.6 is 0 Å². The number of carbonyl (C=O) groups is 1. The van der Waals surface area contributed by atoms with E-state index in [0.717, 1.165) is 0 Å². The zero-order valence-electron chi connectivity index (χ0n) is 8.89. The summed E-state index contributed by atoms with van der Waals surface area (Å²) < 4.78 is 15.6. The number of hydrogen-bond acceptors (Lipinski definition) is 5. The third-order valence-corrected chi connectivity index (χ3v) is 3.10. The molecule has 2 fully saturated rings. The number of alkyl carbamates (subject to hydrolysis) is 1. The van der Waals surface area contributed by atoms with Crippen LogP contribution in [-0.2, 0) is 14.2 Å². The molecule has 0 radical (unpaired) electrons. The maximum absolute atomic E-state index is 11.2. The largest absolute Gasteiger partial charge is 0.438 e. The lowest BCUT2D eigenvalue weighted by atomic mass is 9.84. The Morgan fingerprint density at radius 3 is 2.87 bits per heavy atom. The Balaban J connectivity index is 2.32. The van der Waals surface area contributed by atoms with Crippen molar-refractivity contribution in [3.8, 4) is 0 Å². The van der Waals surface area contributed by atoms with Crippen molar-refractivity contribution in [2.24, 2.45) is 0 Å². The monoisotopic (exact) mass is 217 g/mol. The first-order valence-electron chi connectivity index (χ1n) is 4.85. The zero-order chi connectivity index (χ0) is 11.2. The van der Waals surface area contributed by atoms with Gasteiger partial charge >= 0.3 is 6.09 Å². The molecule has 2 N–H and O–H groups in total. The standard InChI is InChI=1S/C9H15NO5/c1-4-5-9(2,15-8(12)10-5)6(13-3)7(11)14-4/h4-7,11H,1-3H3,(H,10,12)/t4-,5+,6-,7?,9+/m0/s1. The van der Waals surface area contributed by atoms with Crippen LogP contribution in [0, 0.1) is 0 Å². The number of ether oxygens (including phenoxy) is 3. The zero-order valence-corrected chi connectivity index (χ0v) is 8.89. The quantitative estimate of drug-likeness (QED) is 0.625. The third kappa shape index (κ3) is 1.40. The number of aliphatic hydroxyl groups excluding tert-OH is 1. The Morgan fingerprint density at radius 2 is 2.27 bits per heavy atom. The molecular weight excluding hydrogens is 202 g/mol. The fraction of sp³-hybridized carbons (Fsp3) is 0.889. The van der Waals surface area contributed by atoms with Gasteiger partial charge in [-0.2, -0.15) is 0 Å². The predicted molar refractivity (Wildman–Crippen MR) is 49.2 cm³/mol. The highest BCUT2D eigenvalue weighted by Crippen LogP contribution is 2.36. The molecule has 2 aliphatic rings. The molecule has 2 rings (SSSR count). The van der Waals surface area contributed by atoms with E-state index in [9.17, 15) is 9.90 Å². The van der Waals surface area contributed by atoms with Gasteiger partial charge in [0.15, 0.2) is 11.9 Å². The number of rotatable bonds is 1. The third-order valence-electron chi connectivity index (χ3n) is 3.10. The summed E-state index contributed by atoms with van der Waals surface area (Å²) in [5, 5.41) is 12.3. The van der Waals surface area contributed by atoms with Crippen LogP contribution in [0.25, 0.3) is 0 Å². The molecule has 2 aliphatic heterocycles. The lowest BCUT2D eigenvalue weighted by molar-refractivity contribution is -0.275. The van der Waals surface area contributed by atoms with E-state index in [1.54, 1.807) is 13.8 Å². The number of fused-ring (bicyclic) bond motifs is 1. The lowest BCUT2D eigenvalue weighted by Crippen LogP contribution is -2.65. The van der Waals surface area contributed by atoms with Crippen molar-refractivity contribution in [3.05, 3.63) is 0 Å². The van der Waals surface area contributed by atoms with Crippen LogP contribution in [0.1, 0.15) is 13.8 Å².